The fourth-order valence-electron chi connectivity index (χ4n) is 2.39. The third-order valence-corrected chi connectivity index (χ3v) is 3.99. The maximum atomic E-state index is 12.3. The van der Waals surface area contributed by atoms with Crippen LogP contribution in [0.5, 0.6) is 0 Å². The van der Waals surface area contributed by atoms with Crippen LogP contribution >= 0.6 is 11.6 Å². The van der Waals surface area contributed by atoms with E-state index in [1.807, 2.05) is 4.90 Å². The van der Waals surface area contributed by atoms with E-state index < -0.39 is 0 Å². The number of hydrogen-bond donors (Lipinski definition) is 1. The molecule has 1 heterocycles. The van der Waals surface area contributed by atoms with E-state index in [-0.39, 0.29) is 5.91 Å². The first kappa shape index (κ1) is 13.2. The Morgan fingerprint density at radius 2 is 2.22 bits per heavy atom. The van der Waals surface area contributed by atoms with Crippen LogP contribution in [0.1, 0.15) is 30.6 Å². The lowest BCUT2D eigenvalue weighted by molar-refractivity contribution is 0.0784. The summed E-state index contributed by atoms with van der Waals surface area (Å²) in [5.41, 5.74) is 6.77. The molecule has 1 atom stereocenters. The maximum Gasteiger partial charge on any atom is 0.255 e. The molecule has 1 saturated heterocycles. The van der Waals surface area contributed by atoms with Crippen molar-refractivity contribution in [1.29, 1.82) is 0 Å². The Labute approximate surface area is 113 Å². The number of carbonyl (C=O) groups is 1. The number of hydrogen-bond acceptors (Lipinski definition) is 2. The van der Waals surface area contributed by atoms with Crippen molar-refractivity contribution in [3.63, 3.8) is 0 Å². The lowest BCUT2D eigenvalue weighted by Crippen LogP contribution is -2.29. The van der Waals surface area contributed by atoms with Crippen LogP contribution in [-0.4, -0.2) is 23.9 Å². The summed E-state index contributed by atoms with van der Waals surface area (Å²) >= 11 is 6.07. The van der Waals surface area contributed by atoms with Gasteiger partial charge in [0, 0.05) is 18.8 Å². The molecule has 98 valence electrons. The number of carbonyl (C=O) groups excluding carboxylic acids is 1. The normalized spacial score (nSPS) is 19.6. The average Bonchev–Trinajstić information content (AvgIpc) is 2.77. The molecule has 1 aromatic rings. The summed E-state index contributed by atoms with van der Waals surface area (Å²) in [6.07, 6.45) is 1.08. The minimum absolute atomic E-state index is 0.0168. The smallest absolute Gasteiger partial charge is 0.255 e. The molecule has 4 heteroatoms. The Kier molecular flexibility index (Phi) is 3.81. The fraction of sp³-hybridized carbons (Fsp3) is 0.500. The van der Waals surface area contributed by atoms with E-state index in [4.69, 9.17) is 17.3 Å². The van der Waals surface area contributed by atoms with Crippen molar-refractivity contribution in [2.24, 2.45) is 11.8 Å². The second-order valence-electron chi connectivity index (χ2n) is 5.28. The van der Waals surface area contributed by atoms with Gasteiger partial charge in [-0.25, -0.2) is 0 Å². The average molecular weight is 267 g/mol. The van der Waals surface area contributed by atoms with Crippen LogP contribution in [0.4, 0.5) is 5.69 Å². The standard InChI is InChI=1S/C14H19ClN2O/c1-9(2)10-5-6-17(8-10)14(18)12-4-3-11(16)7-13(12)15/h3-4,7,9-10H,5-6,8,16H2,1-2H3. The van der Waals surface area contributed by atoms with Gasteiger partial charge in [-0.3, -0.25) is 4.79 Å². The van der Waals surface area contributed by atoms with E-state index in [1.165, 1.54) is 0 Å². The van der Waals surface area contributed by atoms with Gasteiger partial charge in [0.15, 0.2) is 0 Å². The number of rotatable bonds is 2. The molecule has 0 aliphatic carbocycles. The zero-order chi connectivity index (χ0) is 13.3. The van der Waals surface area contributed by atoms with Crippen molar-refractivity contribution in [3.05, 3.63) is 28.8 Å². The quantitative estimate of drug-likeness (QED) is 0.837. The summed E-state index contributed by atoms with van der Waals surface area (Å²) in [5, 5.41) is 0.438. The van der Waals surface area contributed by atoms with Crippen molar-refractivity contribution >= 4 is 23.2 Å². The highest BCUT2D eigenvalue weighted by Gasteiger charge is 2.29. The molecule has 0 spiro atoms. The van der Waals surface area contributed by atoms with Gasteiger partial charge in [0.05, 0.1) is 10.6 Å². The molecule has 18 heavy (non-hydrogen) atoms. The zero-order valence-corrected chi connectivity index (χ0v) is 11.6. The summed E-state index contributed by atoms with van der Waals surface area (Å²) in [6.45, 7) is 6.06. The number of halogens is 1. The van der Waals surface area contributed by atoms with Gasteiger partial charge in [-0.05, 0) is 36.5 Å². The predicted molar refractivity (Wildman–Crippen MR) is 74.7 cm³/mol. The van der Waals surface area contributed by atoms with Crippen molar-refractivity contribution in [1.82, 2.24) is 4.90 Å². The molecule has 3 nitrogen and oxygen atoms in total. The van der Waals surface area contributed by atoms with E-state index in [1.54, 1.807) is 18.2 Å². The second kappa shape index (κ2) is 5.19. The number of nitrogens with two attached hydrogens (primary N) is 1. The summed E-state index contributed by atoms with van der Waals surface area (Å²) in [4.78, 5) is 14.2. The third kappa shape index (κ3) is 2.61. The van der Waals surface area contributed by atoms with Gasteiger partial charge in [0.25, 0.3) is 5.91 Å². The lowest BCUT2D eigenvalue weighted by atomic mass is 9.95. The van der Waals surface area contributed by atoms with Gasteiger partial charge in [0.2, 0.25) is 0 Å². The Hall–Kier alpha value is -1.22. The predicted octanol–water partition coefficient (Wildman–Crippen LogP) is 3.04. The maximum absolute atomic E-state index is 12.3. The SMILES string of the molecule is CC(C)C1CCN(C(=O)c2ccc(N)cc2Cl)C1. The minimum Gasteiger partial charge on any atom is -0.399 e. The Bertz CT molecular complexity index is 459. The fourth-order valence-corrected chi connectivity index (χ4v) is 2.66. The number of amides is 1. The van der Waals surface area contributed by atoms with Crippen LogP contribution in [0.15, 0.2) is 18.2 Å². The van der Waals surface area contributed by atoms with Crippen LogP contribution in [0.25, 0.3) is 0 Å². The molecule has 0 saturated carbocycles. The summed E-state index contributed by atoms with van der Waals surface area (Å²) in [6, 6.07) is 5.06. The highest BCUT2D eigenvalue weighted by molar-refractivity contribution is 6.34. The van der Waals surface area contributed by atoms with E-state index >= 15 is 0 Å². The second-order valence-corrected chi connectivity index (χ2v) is 5.69. The lowest BCUT2D eigenvalue weighted by Gasteiger charge is -2.18. The van der Waals surface area contributed by atoms with Gasteiger partial charge in [-0.1, -0.05) is 25.4 Å². The first-order valence-corrected chi connectivity index (χ1v) is 6.71. The van der Waals surface area contributed by atoms with E-state index in [9.17, 15) is 4.79 Å². The molecule has 1 unspecified atom stereocenters. The highest BCUT2D eigenvalue weighted by atomic mass is 35.5. The monoisotopic (exact) mass is 266 g/mol. The van der Waals surface area contributed by atoms with E-state index in [2.05, 4.69) is 13.8 Å². The first-order valence-electron chi connectivity index (χ1n) is 6.33. The number of nitrogen functional groups attached to an aromatic ring is 1. The number of benzene rings is 1. The number of nitrogens with zero attached hydrogens (tertiary/aromatic N) is 1. The zero-order valence-electron chi connectivity index (χ0n) is 10.8. The molecule has 1 aliphatic rings. The molecule has 1 amide bonds. The molecular formula is C14H19ClN2O. The summed E-state index contributed by atoms with van der Waals surface area (Å²) in [7, 11) is 0. The molecule has 0 aromatic heterocycles. The van der Waals surface area contributed by atoms with Gasteiger partial charge in [-0.2, -0.15) is 0 Å². The Balaban J connectivity index is 2.13. The van der Waals surface area contributed by atoms with Gasteiger partial charge < -0.3 is 10.6 Å². The third-order valence-electron chi connectivity index (χ3n) is 3.68. The minimum atomic E-state index is 0.0168. The molecule has 0 bridgehead atoms. The largest absolute Gasteiger partial charge is 0.399 e. The number of likely N-dealkylation sites (tertiary alicyclic amines) is 1. The van der Waals surface area contributed by atoms with Crippen LogP contribution in [-0.2, 0) is 0 Å². The van der Waals surface area contributed by atoms with Crippen LogP contribution in [0.3, 0.4) is 0 Å². The summed E-state index contributed by atoms with van der Waals surface area (Å²) < 4.78 is 0. The summed E-state index contributed by atoms with van der Waals surface area (Å²) in [5.74, 6) is 1.23. The number of anilines is 1. The van der Waals surface area contributed by atoms with E-state index in [0.29, 0.717) is 28.1 Å². The van der Waals surface area contributed by atoms with Gasteiger partial charge >= 0.3 is 0 Å². The van der Waals surface area contributed by atoms with Crippen molar-refractivity contribution in [2.45, 2.75) is 20.3 Å². The molecule has 1 aliphatic heterocycles. The Morgan fingerprint density at radius 3 is 2.78 bits per heavy atom. The van der Waals surface area contributed by atoms with Crippen LogP contribution in [0, 0.1) is 11.8 Å². The van der Waals surface area contributed by atoms with Crippen molar-refractivity contribution in [2.75, 3.05) is 18.8 Å². The molecule has 1 fully saturated rings. The molecular weight excluding hydrogens is 248 g/mol. The molecule has 1 aromatic carbocycles. The molecule has 0 radical (unpaired) electrons. The van der Waals surface area contributed by atoms with Gasteiger partial charge in [-0.15, -0.1) is 0 Å². The van der Waals surface area contributed by atoms with E-state index in [0.717, 1.165) is 19.5 Å². The van der Waals surface area contributed by atoms with Crippen LogP contribution in [0.2, 0.25) is 5.02 Å². The highest BCUT2D eigenvalue weighted by Crippen LogP contribution is 2.27. The Morgan fingerprint density at radius 1 is 1.50 bits per heavy atom. The van der Waals surface area contributed by atoms with Crippen LogP contribution < -0.4 is 5.73 Å². The molecule has 2 rings (SSSR count). The first-order chi connectivity index (χ1) is 8.49. The van der Waals surface area contributed by atoms with Crippen molar-refractivity contribution in [3.8, 4) is 0 Å². The topological polar surface area (TPSA) is 46.3 Å². The van der Waals surface area contributed by atoms with Gasteiger partial charge in [0.1, 0.15) is 0 Å². The molecule has 2 N–H and O–H groups in total. The van der Waals surface area contributed by atoms with Crippen molar-refractivity contribution < 1.29 is 4.79 Å².